The smallest absolute Gasteiger partial charge is 0.321 e. The minimum absolute atomic E-state index is 0.0372. The highest BCUT2D eigenvalue weighted by Gasteiger charge is 2.33. The van der Waals surface area contributed by atoms with Gasteiger partial charge < -0.3 is 5.73 Å². The predicted molar refractivity (Wildman–Crippen MR) is 84.9 cm³/mol. The second kappa shape index (κ2) is 6.29. The van der Waals surface area contributed by atoms with Crippen molar-refractivity contribution >= 4 is 10.9 Å². The Morgan fingerprint density at radius 3 is 2.40 bits per heavy atom. The maximum atomic E-state index is 14.1. The van der Waals surface area contributed by atoms with Crippen LogP contribution in [0.25, 0.3) is 16.6 Å². The van der Waals surface area contributed by atoms with Crippen molar-refractivity contribution in [2.24, 2.45) is 5.73 Å². The minimum atomic E-state index is -4.53. The van der Waals surface area contributed by atoms with E-state index in [1.807, 2.05) is 0 Å². The van der Waals surface area contributed by atoms with Crippen LogP contribution in [0.2, 0.25) is 0 Å². The maximum absolute atomic E-state index is 14.1. The summed E-state index contributed by atoms with van der Waals surface area (Å²) in [5, 5.41) is -0.297. The first-order valence-electron chi connectivity index (χ1n) is 7.37. The Bertz CT molecular complexity index is 967. The molecule has 2 aromatic carbocycles. The molecule has 2 N–H and O–H groups in total. The second-order valence-electron chi connectivity index (χ2n) is 5.51. The number of benzene rings is 2. The molecular weight excluding hydrogens is 338 g/mol. The van der Waals surface area contributed by atoms with Gasteiger partial charge in [0.2, 0.25) is 0 Å². The summed E-state index contributed by atoms with van der Waals surface area (Å²) in [4.78, 5) is 16.8. The van der Waals surface area contributed by atoms with E-state index >= 15 is 0 Å². The van der Waals surface area contributed by atoms with Gasteiger partial charge in [0.15, 0.2) is 0 Å². The number of aromatic nitrogens is 2. The minimum Gasteiger partial charge on any atom is -0.321 e. The topological polar surface area (TPSA) is 60.9 Å². The first-order chi connectivity index (χ1) is 11.8. The van der Waals surface area contributed by atoms with Crippen LogP contribution in [-0.4, -0.2) is 15.7 Å². The number of rotatable bonds is 3. The van der Waals surface area contributed by atoms with Crippen molar-refractivity contribution in [2.75, 3.05) is 0 Å². The number of nitrogens with zero attached hydrogens (tertiary/aromatic N) is 2. The van der Waals surface area contributed by atoms with Crippen molar-refractivity contribution in [3.05, 3.63) is 70.5 Å². The Labute approximate surface area is 139 Å². The molecule has 0 saturated carbocycles. The average molecular weight is 351 g/mol. The van der Waals surface area contributed by atoms with Gasteiger partial charge in [-0.25, -0.2) is 9.37 Å². The lowest BCUT2D eigenvalue weighted by atomic mass is 10.1. The third-order valence-corrected chi connectivity index (χ3v) is 3.67. The normalized spacial score (nSPS) is 13.2. The fourth-order valence-electron chi connectivity index (χ4n) is 2.62. The van der Waals surface area contributed by atoms with Crippen LogP contribution in [0.1, 0.15) is 18.3 Å². The zero-order valence-electron chi connectivity index (χ0n) is 12.8. The van der Waals surface area contributed by atoms with Gasteiger partial charge in [-0.2, -0.15) is 13.2 Å². The molecule has 1 atom stereocenters. The van der Waals surface area contributed by atoms with Crippen LogP contribution in [0.15, 0.2) is 53.3 Å². The molecule has 0 aliphatic rings. The molecule has 0 aliphatic heterocycles. The third-order valence-electron chi connectivity index (χ3n) is 3.67. The van der Waals surface area contributed by atoms with Gasteiger partial charge >= 0.3 is 6.18 Å². The molecule has 0 saturated heterocycles. The van der Waals surface area contributed by atoms with Crippen molar-refractivity contribution in [3.63, 3.8) is 0 Å². The van der Waals surface area contributed by atoms with Crippen molar-refractivity contribution in [1.29, 1.82) is 0 Å². The zero-order valence-corrected chi connectivity index (χ0v) is 12.8. The number of alkyl halides is 3. The Kier molecular flexibility index (Phi) is 4.30. The summed E-state index contributed by atoms with van der Waals surface area (Å²) >= 11 is 0. The summed E-state index contributed by atoms with van der Waals surface area (Å²) < 4.78 is 53.3. The van der Waals surface area contributed by atoms with E-state index in [9.17, 15) is 22.4 Å². The summed E-state index contributed by atoms with van der Waals surface area (Å²) in [6.45, 7) is 0. The van der Waals surface area contributed by atoms with Crippen molar-refractivity contribution in [1.82, 2.24) is 9.55 Å². The van der Waals surface area contributed by atoms with E-state index < -0.39 is 30.0 Å². The third kappa shape index (κ3) is 3.39. The molecule has 3 aromatic rings. The van der Waals surface area contributed by atoms with Gasteiger partial charge in [-0.15, -0.1) is 0 Å². The largest absolute Gasteiger partial charge is 0.391 e. The van der Waals surface area contributed by atoms with Crippen LogP contribution in [0, 0.1) is 5.82 Å². The van der Waals surface area contributed by atoms with Gasteiger partial charge in [0.05, 0.1) is 23.7 Å². The van der Waals surface area contributed by atoms with Gasteiger partial charge in [0.25, 0.3) is 5.56 Å². The summed E-state index contributed by atoms with van der Waals surface area (Å²) in [6.07, 6.45) is -5.89. The quantitative estimate of drug-likeness (QED) is 0.735. The van der Waals surface area contributed by atoms with Gasteiger partial charge in [-0.3, -0.25) is 9.36 Å². The SMILES string of the molecule is N[C@@H](CC(F)(F)F)c1nc2cccc(F)c2c(=O)n1-c1ccccc1. The number of hydrogen-bond donors (Lipinski definition) is 1. The molecule has 0 spiro atoms. The van der Waals surface area contributed by atoms with E-state index in [0.29, 0.717) is 0 Å². The number of hydrogen-bond acceptors (Lipinski definition) is 3. The highest BCUT2D eigenvalue weighted by molar-refractivity contribution is 5.78. The number of nitrogens with two attached hydrogens (primary N) is 1. The van der Waals surface area contributed by atoms with Crippen molar-refractivity contribution in [2.45, 2.75) is 18.6 Å². The number of halogens is 4. The molecule has 0 fully saturated rings. The molecule has 0 amide bonds. The Balaban J connectivity index is 2.33. The molecule has 3 rings (SSSR count). The number of para-hydroxylation sites is 1. The van der Waals surface area contributed by atoms with Gasteiger partial charge in [0, 0.05) is 0 Å². The van der Waals surface area contributed by atoms with E-state index in [1.54, 1.807) is 18.2 Å². The van der Waals surface area contributed by atoms with Crippen LogP contribution < -0.4 is 11.3 Å². The molecule has 4 nitrogen and oxygen atoms in total. The zero-order chi connectivity index (χ0) is 18.2. The summed E-state index contributed by atoms with van der Waals surface area (Å²) in [7, 11) is 0. The Morgan fingerprint density at radius 2 is 1.76 bits per heavy atom. The van der Waals surface area contributed by atoms with Gasteiger partial charge in [0.1, 0.15) is 17.0 Å². The highest BCUT2D eigenvalue weighted by Crippen LogP contribution is 2.28. The lowest BCUT2D eigenvalue weighted by Crippen LogP contribution is -2.31. The lowest BCUT2D eigenvalue weighted by Gasteiger charge is -2.19. The molecule has 8 heteroatoms. The fourth-order valence-corrected chi connectivity index (χ4v) is 2.62. The maximum Gasteiger partial charge on any atom is 0.391 e. The molecule has 25 heavy (non-hydrogen) atoms. The highest BCUT2D eigenvalue weighted by atomic mass is 19.4. The molecule has 0 bridgehead atoms. The lowest BCUT2D eigenvalue weighted by molar-refractivity contribution is -0.139. The summed E-state index contributed by atoms with van der Waals surface area (Å²) in [5.41, 5.74) is 5.10. The van der Waals surface area contributed by atoms with Crippen LogP contribution in [0.5, 0.6) is 0 Å². The van der Waals surface area contributed by atoms with Crippen LogP contribution in [-0.2, 0) is 0 Å². The van der Waals surface area contributed by atoms with E-state index in [4.69, 9.17) is 5.73 Å². The molecule has 130 valence electrons. The second-order valence-corrected chi connectivity index (χ2v) is 5.51. The van der Waals surface area contributed by atoms with Crippen LogP contribution >= 0.6 is 0 Å². The molecule has 0 aliphatic carbocycles. The summed E-state index contributed by atoms with van der Waals surface area (Å²) in [6, 6.07) is 10.1. The first-order valence-corrected chi connectivity index (χ1v) is 7.37. The molecule has 1 aromatic heterocycles. The van der Waals surface area contributed by atoms with Crippen molar-refractivity contribution < 1.29 is 17.6 Å². The predicted octanol–water partition coefficient (Wildman–Crippen LogP) is 3.48. The van der Waals surface area contributed by atoms with Crippen molar-refractivity contribution in [3.8, 4) is 5.69 Å². The Morgan fingerprint density at radius 1 is 1.08 bits per heavy atom. The summed E-state index contributed by atoms with van der Waals surface area (Å²) in [5.74, 6) is -1.07. The average Bonchev–Trinajstić information content (AvgIpc) is 2.53. The van der Waals surface area contributed by atoms with Gasteiger partial charge in [-0.05, 0) is 24.3 Å². The standard InChI is InChI=1S/C17H13F4N3O/c18-11-7-4-8-13-14(11)16(25)24(10-5-2-1-3-6-10)15(23-13)12(22)9-17(19,20)21/h1-8,12H,9,22H2/t12-/m0/s1. The molecule has 1 heterocycles. The van der Waals surface area contributed by atoms with E-state index in [2.05, 4.69) is 4.98 Å². The van der Waals surface area contributed by atoms with Gasteiger partial charge in [-0.1, -0.05) is 24.3 Å². The van der Waals surface area contributed by atoms with Crippen LogP contribution in [0.3, 0.4) is 0 Å². The monoisotopic (exact) mass is 351 g/mol. The van der Waals surface area contributed by atoms with Crippen LogP contribution in [0.4, 0.5) is 17.6 Å². The Hall–Kier alpha value is -2.74. The van der Waals surface area contributed by atoms with E-state index in [1.165, 1.54) is 24.3 Å². The fraction of sp³-hybridized carbons (Fsp3) is 0.176. The van der Waals surface area contributed by atoms with E-state index in [-0.39, 0.29) is 22.4 Å². The number of fused-ring (bicyclic) bond motifs is 1. The molecule has 0 unspecified atom stereocenters. The molecule has 0 radical (unpaired) electrons. The van der Waals surface area contributed by atoms with E-state index in [0.717, 1.165) is 10.6 Å². The molecular formula is C17H13F4N3O. The first kappa shape index (κ1) is 17.1.